The van der Waals surface area contributed by atoms with Crippen LogP contribution in [0.15, 0.2) is 30.5 Å². The number of nitrogens with one attached hydrogen (secondary N) is 1. The minimum atomic E-state index is -0.859. The van der Waals surface area contributed by atoms with Gasteiger partial charge in [0.05, 0.1) is 17.7 Å². The van der Waals surface area contributed by atoms with Crippen LogP contribution in [0.1, 0.15) is 59.2 Å². The summed E-state index contributed by atoms with van der Waals surface area (Å²) >= 11 is 0. The Morgan fingerprint density at radius 2 is 2.00 bits per heavy atom. The SMILES string of the molecule is C=C1CCC(N2C(=O)c3cccc(OCCCCCC(=O)O)c3C2=O)C(=O)N1. The number of amides is 3. The Kier molecular flexibility index (Phi) is 5.77. The maximum Gasteiger partial charge on any atom is 0.303 e. The average molecular weight is 386 g/mol. The fourth-order valence-corrected chi connectivity index (χ4v) is 3.42. The summed E-state index contributed by atoms with van der Waals surface area (Å²) in [7, 11) is 0. The lowest BCUT2D eigenvalue weighted by Crippen LogP contribution is -2.51. The first-order chi connectivity index (χ1) is 13.4. The highest BCUT2D eigenvalue weighted by Crippen LogP contribution is 2.34. The van der Waals surface area contributed by atoms with Crippen LogP contribution >= 0.6 is 0 Å². The molecule has 1 atom stereocenters. The van der Waals surface area contributed by atoms with Gasteiger partial charge in [0, 0.05) is 12.1 Å². The monoisotopic (exact) mass is 386 g/mol. The Bertz CT molecular complexity index is 847. The topological polar surface area (TPSA) is 113 Å². The molecular formula is C20H22N2O6. The van der Waals surface area contributed by atoms with Crippen molar-refractivity contribution in [1.29, 1.82) is 0 Å². The number of carboxylic acids is 1. The number of benzene rings is 1. The van der Waals surface area contributed by atoms with Gasteiger partial charge in [-0.3, -0.25) is 24.1 Å². The van der Waals surface area contributed by atoms with Gasteiger partial charge in [0.25, 0.3) is 11.8 Å². The summed E-state index contributed by atoms with van der Waals surface area (Å²) in [5.41, 5.74) is 0.977. The minimum absolute atomic E-state index is 0.110. The maximum atomic E-state index is 12.9. The van der Waals surface area contributed by atoms with Crippen molar-refractivity contribution in [2.75, 3.05) is 6.61 Å². The molecule has 28 heavy (non-hydrogen) atoms. The summed E-state index contributed by atoms with van der Waals surface area (Å²) in [4.78, 5) is 49.4. The van der Waals surface area contributed by atoms with E-state index < -0.39 is 29.7 Å². The van der Waals surface area contributed by atoms with Crippen LogP contribution in [-0.2, 0) is 9.59 Å². The molecule has 2 aliphatic heterocycles. The Morgan fingerprint density at radius 3 is 2.71 bits per heavy atom. The number of hydrogen-bond donors (Lipinski definition) is 2. The van der Waals surface area contributed by atoms with Gasteiger partial charge in [-0.25, -0.2) is 0 Å². The van der Waals surface area contributed by atoms with Crippen LogP contribution in [0.5, 0.6) is 5.75 Å². The molecule has 1 aromatic carbocycles. The van der Waals surface area contributed by atoms with Gasteiger partial charge in [-0.1, -0.05) is 12.6 Å². The second-order valence-electron chi connectivity index (χ2n) is 6.86. The first-order valence-corrected chi connectivity index (χ1v) is 9.24. The van der Waals surface area contributed by atoms with E-state index in [0.717, 1.165) is 4.90 Å². The first kappa shape index (κ1) is 19.6. The lowest BCUT2D eigenvalue weighted by molar-refractivity contribution is -0.137. The number of nitrogens with zero attached hydrogens (tertiary/aromatic N) is 1. The summed E-state index contributed by atoms with van der Waals surface area (Å²) < 4.78 is 5.69. The number of unbranched alkanes of at least 4 members (excludes halogenated alkanes) is 2. The smallest absolute Gasteiger partial charge is 0.303 e. The van der Waals surface area contributed by atoms with Crippen molar-refractivity contribution >= 4 is 23.7 Å². The third-order valence-corrected chi connectivity index (χ3v) is 4.83. The molecule has 1 aromatic rings. The van der Waals surface area contributed by atoms with Crippen LogP contribution in [0.4, 0.5) is 0 Å². The molecular weight excluding hydrogens is 364 g/mol. The number of rotatable bonds is 8. The van der Waals surface area contributed by atoms with Crippen molar-refractivity contribution in [1.82, 2.24) is 10.2 Å². The summed E-state index contributed by atoms with van der Waals surface area (Å²) in [6, 6.07) is 3.94. The van der Waals surface area contributed by atoms with Gasteiger partial charge in [-0.05, 0) is 44.2 Å². The van der Waals surface area contributed by atoms with Crippen LogP contribution in [-0.4, -0.2) is 46.3 Å². The van der Waals surface area contributed by atoms with E-state index in [4.69, 9.17) is 9.84 Å². The Hall–Kier alpha value is -3.16. The number of fused-ring (bicyclic) bond motifs is 1. The maximum absolute atomic E-state index is 12.9. The van der Waals surface area contributed by atoms with Crippen LogP contribution in [0.2, 0.25) is 0 Å². The molecule has 0 aromatic heterocycles. The van der Waals surface area contributed by atoms with Crippen molar-refractivity contribution in [3.8, 4) is 5.75 Å². The summed E-state index contributed by atoms with van der Waals surface area (Å²) in [6.07, 6.45) is 2.83. The molecule has 0 bridgehead atoms. The number of imide groups is 1. The second-order valence-corrected chi connectivity index (χ2v) is 6.86. The fourth-order valence-electron chi connectivity index (χ4n) is 3.42. The zero-order valence-electron chi connectivity index (χ0n) is 15.4. The van der Waals surface area contributed by atoms with Crippen LogP contribution in [0, 0.1) is 0 Å². The number of allylic oxidation sites excluding steroid dienone is 1. The van der Waals surface area contributed by atoms with Crippen molar-refractivity contribution in [2.24, 2.45) is 0 Å². The number of aliphatic carboxylic acids is 1. The number of carboxylic acid groups (broad SMARTS) is 1. The predicted molar refractivity (Wildman–Crippen MR) is 98.8 cm³/mol. The largest absolute Gasteiger partial charge is 0.493 e. The molecule has 2 N–H and O–H groups in total. The van der Waals surface area contributed by atoms with Crippen molar-refractivity contribution < 1.29 is 29.0 Å². The van der Waals surface area contributed by atoms with Crippen LogP contribution in [0.3, 0.4) is 0 Å². The number of piperidine rings is 1. The van der Waals surface area contributed by atoms with Gasteiger partial charge in [-0.15, -0.1) is 0 Å². The van der Waals surface area contributed by atoms with E-state index >= 15 is 0 Å². The van der Waals surface area contributed by atoms with Gasteiger partial charge in [0.1, 0.15) is 11.8 Å². The Balaban J connectivity index is 1.69. The summed E-state index contributed by atoms with van der Waals surface area (Å²) in [5.74, 6) is -1.97. The molecule has 2 heterocycles. The molecule has 148 valence electrons. The molecule has 0 radical (unpaired) electrons. The highest BCUT2D eigenvalue weighted by molar-refractivity contribution is 6.24. The molecule has 1 saturated heterocycles. The van der Waals surface area contributed by atoms with E-state index in [1.54, 1.807) is 18.2 Å². The molecule has 0 aliphatic carbocycles. The van der Waals surface area contributed by atoms with Gasteiger partial charge in [0.15, 0.2) is 0 Å². The summed E-state index contributed by atoms with van der Waals surface area (Å²) in [5, 5.41) is 11.2. The lowest BCUT2D eigenvalue weighted by Gasteiger charge is -2.29. The quantitative estimate of drug-likeness (QED) is 0.523. The van der Waals surface area contributed by atoms with Crippen molar-refractivity contribution in [3.05, 3.63) is 41.6 Å². The van der Waals surface area contributed by atoms with Gasteiger partial charge >= 0.3 is 5.97 Å². The van der Waals surface area contributed by atoms with E-state index in [0.29, 0.717) is 50.2 Å². The lowest BCUT2D eigenvalue weighted by atomic mass is 10.0. The van der Waals surface area contributed by atoms with Crippen LogP contribution < -0.4 is 10.1 Å². The molecule has 1 unspecified atom stereocenters. The average Bonchev–Trinajstić information content (AvgIpc) is 2.90. The number of carbonyl (C=O) groups excluding carboxylic acids is 3. The number of carbonyl (C=O) groups is 4. The molecule has 3 amide bonds. The Morgan fingerprint density at radius 1 is 1.21 bits per heavy atom. The second kappa shape index (κ2) is 8.24. The molecule has 2 aliphatic rings. The molecule has 0 spiro atoms. The third-order valence-electron chi connectivity index (χ3n) is 4.83. The Labute approximate surface area is 162 Å². The standard InChI is InChI=1S/C20H22N2O6/c1-12-9-10-14(18(25)21-12)22-19(26)13-6-5-7-15(17(13)20(22)27)28-11-4-2-3-8-16(23)24/h5-7,14H,1-4,8-11H2,(H,21,25)(H,23,24). The molecule has 1 fully saturated rings. The molecule has 3 rings (SSSR count). The van der Waals surface area contributed by atoms with Gasteiger partial charge in [0.2, 0.25) is 5.91 Å². The van der Waals surface area contributed by atoms with Crippen LogP contribution in [0.25, 0.3) is 0 Å². The molecule has 8 heteroatoms. The highest BCUT2D eigenvalue weighted by atomic mass is 16.5. The molecule has 8 nitrogen and oxygen atoms in total. The summed E-state index contributed by atoms with van der Waals surface area (Å²) in [6.45, 7) is 4.02. The van der Waals surface area contributed by atoms with E-state index in [-0.39, 0.29) is 17.5 Å². The van der Waals surface area contributed by atoms with Crippen molar-refractivity contribution in [2.45, 2.75) is 44.6 Å². The first-order valence-electron chi connectivity index (χ1n) is 9.24. The minimum Gasteiger partial charge on any atom is -0.493 e. The van der Waals surface area contributed by atoms with E-state index in [9.17, 15) is 19.2 Å². The number of hydrogen-bond acceptors (Lipinski definition) is 5. The zero-order chi connectivity index (χ0) is 20.3. The van der Waals surface area contributed by atoms with Crippen molar-refractivity contribution in [3.63, 3.8) is 0 Å². The van der Waals surface area contributed by atoms with E-state index in [1.807, 2.05) is 0 Å². The third kappa shape index (κ3) is 3.90. The van der Waals surface area contributed by atoms with E-state index in [2.05, 4.69) is 11.9 Å². The molecule has 0 saturated carbocycles. The highest BCUT2D eigenvalue weighted by Gasteiger charge is 2.45. The van der Waals surface area contributed by atoms with E-state index in [1.165, 1.54) is 0 Å². The van der Waals surface area contributed by atoms with Gasteiger partial charge in [-0.2, -0.15) is 0 Å². The number of ether oxygens (including phenoxy) is 1. The fraction of sp³-hybridized carbons (Fsp3) is 0.400. The predicted octanol–water partition coefficient (Wildman–Crippen LogP) is 2.10. The normalized spacial score (nSPS) is 18.9. The van der Waals surface area contributed by atoms with Gasteiger partial charge < -0.3 is 15.2 Å². The zero-order valence-corrected chi connectivity index (χ0v) is 15.4.